The summed E-state index contributed by atoms with van der Waals surface area (Å²) in [5, 5.41) is 0.807. The molecule has 2 aromatic carbocycles. The van der Waals surface area contributed by atoms with Gasteiger partial charge >= 0.3 is 13.8 Å². The predicted molar refractivity (Wildman–Crippen MR) is 140 cm³/mol. The van der Waals surface area contributed by atoms with Crippen LogP contribution < -0.4 is 0 Å². The summed E-state index contributed by atoms with van der Waals surface area (Å²) in [5.74, 6) is -1.52. The SMILES string of the molecule is CC(C)C(C)(C)OP(=O)(O)C(I)(Cc1ccc(F)c(C(F)(F)F)c1)c1sc2ccccc2c1Br. The van der Waals surface area contributed by atoms with Crippen LogP contribution >= 0.6 is 57.5 Å². The molecule has 0 saturated carbocycles. The number of alkyl halides is 4. The molecule has 0 aliphatic rings. The molecule has 0 fully saturated rings. The first-order chi connectivity index (χ1) is 15.5. The normalized spacial score (nSPS) is 16.6. The zero-order valence-corrected chi connectivity index (χ0v) is 24.2. The van der Waals surface area contributed by atoms with Gasteiger partial charge in [0.15, 0.2) is 3.16 Å². The standard InChI is InChI=1S/C23H23BrF4IO3PS/c1-13(2)21(3,4)32-33(30,31)22(29,20-19(24)15-7-5-6-8-18(15)34-20)12-14-9-10-17(25)16(11-14)23(26,27)28/h5-11,13H,12H2,1-4H3,(H,30,31). The Hall–Kier alpha value is -0.520. The minimum absolute atomic E-state index is 0.0627. The zero-order valence-electron chi connectivity index (χ0n) is 18.7. The van der Waals surface area contributed by atoms with Crippen molar-refractivity contribution in [3.63, 3.8) is 0 Å². The van der Waals surface area contributed by atoms with E-state index < -0.39 is 33.9 Å². The van der Waals surface area contributed by atoms with Gasteiger partial charge in [-0.1, -0.05) is 60.7 Å². The zero-order chi connectivity index (χ0) is 25.7. The van der Waals surface area contributed by atoms with Crippen molar-refractivity contribution in [2.45, 2.75) is 49.1 Å². The second kappa shape index (κ2) is 9.74. The molecule has 1 N–H and O–H groups in total. The van der Waals surface area contributed by atoms with E-state index in [2.05, 4.69) is 15.9 Å². The van der Waals surface area contributed by atoms with Gasteiger partial charge in [-0.3, -0.25) is 4.57 Å². The summed E-state index contributed by atoms with van der Waals surface area (Å²) in [5.41, 5.74) is -2.35. The fraction of sp³-hybridized carbons (Fsp3) is 0.391. The van der Waals surface area contributed by atoms with Gasteiger partial charge in [-0.25, -0.2) is 4.39 Å². The first-order valence-corrected chi connectivity index (χ1v) is 14.5. The van der Waals surface area contributed by atoms with Gasteiger partial charge in [-0.15, -0.1) is 11.3 Å². The Morgan fingerprint density at radius 2 is 1.79 bits per heavy atom. The van der Waals surface area contributed by atoms with Crippen molar-refractivity contribution in [1.29, 1.82) is 0 Å². The maximum Gasteiger partial charge on any atom is 0.419 e. The van der Waals surface area contributed by atoms with Crippen LogP contribution in [0.1, 0.15) is 43.7 Å². The van der Waals surface area contributed by atoms with Crippen molar-refractivity contribution in [1.82, 2.24) is 0 Å². The summed E-state index contributed by atoms with van der Waals surface area (Å²) in [6.07, 6.45) is -5.18. The molecule has 0 saturated heterocycles. The average Bonchev–Trinajstić information content (AvgIpc) is 3.05. The number of halogens is 6. The smallest absolute Gasteiger partial charge is 0.323 e. The van der Waals surface area contributed by atoms with Gasteiger partial charge in [0, 0.05) is 25.9 Å². The Kier molecular flexibility index (Phi) is 8.04. The number of benzene rings is 2. The minimum atomic E-state index is -4.90. The van der Waals surface area contributed by atoms with Crippen molar-refractivity contribution in [3.05, 3.63) is 68.8 Å². The molecule has 3 rings (SSSR count). The molecule has 2 atom stereocenters. The van der Waals surface area contributed by atoms with Gasteiger partial charge in [-0.05, 0) is 59.5 Å². The number of hydrogen-bond donors (Lipinski definition) is 1. The molecule has 1 aromatic heterocycles. The number of hydrogen-bond acceptors (Lipinski definition) is 3. The Bertz CT molecular complexity index is 1260. The van der Waals surface area contributed by atoms with Crippen molar-refractivity contribution in [2.24, 2.45) is 5.92 Å². The predicted octanol–water partition coefficient (Wildman–Crippen LogP) is 9.29. The van der Waals surface area contributed by atoms with E-state index in [-0.39, 0.29) is 17.9 Å². The monoisotopic (exact) mass is 692 g/mol. The van der Waals surface area contributed by atoms with Crippen LogP contribution in [0.15, 0.2) is 46.9 Å². The molecule has 0 aliphatic carbocycles. The van der Waals surface area contributed by atoms with E-state index in [0.29, 0.717) is 15.4 Å². The van der Waals surface area contributed by atoms with Crippen LogP contribution in [0, 0.1) is 11.7 Å². The lowest BCUT2D eigenvalue weighted by atomic mass is 9.95. The van der Waals surface area contributed by atoms with E-state index >= 15 is 0 Å². The summed E-state index contributed by atoms with van der Waals surface area (Å²) >= 11 is 6.62. The van der Waals surface area contributed by atoms with Crippen LogP contribution in [0.3, 0.4) is 0 Å². The summed E-state index contributed by atoms with van der Waals surface area (Å²) < 4.78 is 73.5. The highest BCUT2D eigenvalue weighted by Crippen LogP contribution is 2.70. The third kappa shape index (κ3) is 5.42. The van der Waals surface area contributed by atoms with Crippen LogP contribution in [-0.4, -0.2) is 10.5 Å². The van der Waals surface area contributed by atoms with Crippen LogP contribution in [0.2, 0.25) is 0 Å². The van der Waals surface area contributed by atoms with Gasteiger partial charge in [-0.2, -0.15) is 13.2 Å². The Labute approximate surface area is 221 Å². The molecule has 186 valence electrons. The Morgan fingerprint density at radius 3 is 2.35 bits per heavy atom. The molecule has 0 bridgehead atoms. The summed E-state index contributed by atoms with van der Waals surface area (Å²) in [6.45, 7) is 7.08. The van der Waals surface area contributed by atoms with Gasteiger partial charge in [0.1, 0.15) is 5.82 Å². The molecular formula is C23H23BrF4IO3PS. The molecule has 0 amide bonds. The average molecular weight is 693 g/mol. The van der Waals surface area contributed by atoms with Gasteiger partial charge < -0.3 is 9.42 Å². The third-order valence-corrected chi connectivity index (χ3v) is 13.5. The highest BCUT2D eigenvalue weighted by molar-refractivity contribution is 14.1. The summed E-state index contributed by atoms with van der Waals surface area (Å²) in [7, 11) is -4.54. The lowest BCUT2D eigenvalue weighted by Gasteiger charge is -2.38. The van der Waals surface area contributed by atoms with E-state index in [1.165, 1.54) is 17.4 Å². The van der Waals surface area contributed by atoms with E-state index in [4.69, 9.17) is 4.52 Å². The fourth-order valence-electron chi connectivity index (χ4n) is 3.24. The Morgan fingerprint density at radius 1 is 1.18 bits per heavy atom. The molecule has 11 heteroatoms. The second-order valence-corrected chi connectivity index (χ2v) is 15.4. The molecular weight excluding hydrogens is 670 g/mol. The largest absolute Gasteiger partial charge is 0.419 e. The van der Waals surface area contributed by atoms with Crippen molar-refractivity contribution < 1.29 is 31.5 Å². The maximum atomic E-state index is 14.0. The topological polar surface area (TPSA) is 46.5 Å². The first kappa shape index (κ1) is 28.1. The van der Waals surface area contributed by atoms with E-state index in [1.54, 1.807) is 13.8 Å². The van der Waals surface area contributed by atoms with Crippen molar-refractivity contribution in [3.8, 4) is 0 Å². The van der Waals surface area contributed by atoms with E-state index in [0.717, 1.165) is 16.2 Å². The molecule has 1 heterocycles. The highest BCUT2D eigenvalue weighted by atomic mass is 127. The highest BCUT2D eigenvalue weighted by Gasteiger charge is 2.53. The maximum absolute atomic E-state index is 14.0. The first-order valence-electron chi connectivity index (χ1n) is 10.3. The quantitative estimate of drug-likeness (QED) is 0.116. The fourth-order valence-corrected chi connectivity index (χ4v) is 9.46. The van der Waals surface area contributed by atoms with Crippen LogP contribution in [0.4, 0.5) is 17.6 Å². The van der Waals surface area contributed by atoms with Gasteiger partial charge in [0.25, 0.3) is 0 Å². The number of fused-ring (bicyclic) bond motifs is 1. The van der Waals surface area contributed by atoms with Gasteiger partial charge in [0.2, 0.25) is 0 Å². The number of rotatable bonds is 7. The van der Waals surface area contributed by atoms with E-state index in [9.17, 15) is 27.0 Å². The van der Waals surface area contributed by atoms with Gasteiger partial charge in [0.05, 0.1) is 11.2 Å². The Balaban J connectivity index is 2.22. The number of thiophene rings is 1. The van der Waals surface area contributed by atoms with E-state index in [1.807, 2.05) is 60.7 Å². The molecule has 0 aliphatic heterocycles. The molecule has 0 radical (unpaired) electrons. The lowest BCUT2D eigenvalue weighted by molar-refractivity contribution is -0.140. The molecule has 0 spiro atoms. The summed E-state index contributed by atoms with van der Waals surface area (Å²) in [6, 6.07) is 9.98. The molecule has 2 unspecified atom stereocenters. The molecule has 34 heavy (non-hydrogen) atoms. The molecule has 3 aromatic rings. The van der Waals surface area contributed by atoms with Crippen molar-refractivity contribution >= 4 is 67.5 Å². The molecule has 3 nitrogen and oxygen atoms in total. The summed E-state index contributed by atoms with van der Waals surface area (Å²) in [4.78, 5) is 11.8. The van der Waals surface area contributed by atoms with Crippen LogP contribution in [0.25, 0.3) is 10.1 Å². The third-order valence-electron chi connectivity index (χ3n) is 5.85. The van der Waals surface area contributed by atoms with Crippen molar-refractivity contribution in [2.75, 3.05) is 0 Å². The minimum Gasteiger partial charge on any atom is -0.323 e. The van der Waals surface area contributed by atoms with Crippen LogP contribution in [0.5, 0.6) is 0 Å². The van der Waals surface area contributed by atoms with Crippen LogP contribution in [-0.2, 0) is 24.8 Å². The lowest BCUT2D eigenvalue weighted by Crippen LogP contribution is -2.34. The second-order valence-electron chi connectivity index (χ2n) is 8.86.